The molecule has 0 aromatic carbocycles. The summed E-state index contributed by atoms with van der Waals surface area (Å²) in [6.45, 7) is 8.38. The van der Waals surface area contributed by atoms with Crippen LogP contribution in [0.3, 0.4) is 0 Å². The second kappa shape index (κ2) is 6.08. The first-order valence-electron chi connectivity index (χ1n) is 7.90. The summed E-state index contributed by atoms with van der Waals surface area (Å²) in [6, 6.07) is 0. The standard InChI is InChI=1S/C16H29NO/c1-4-5-6-13-9-14-7-8-17(11-15(14)10-13)16(18)12(2)3/h12-15H,4-11H2,1-3H3. The molecule has 1 saturated carbocycles. The third-order valence-corrected chi connectivity index (χ3v) is 4.94. The average molecular weight is 251 g/mol. The van der Waals surface area contributed by atoms with Gasteiger partial charge in [-0.2, -0.15) is 0 Å². The molecule has 0 aromatic heterocycles. The highest BCUT2D eigenvalue weighted by molar-refractivity contribution is 5.78. The Morgan fingerprint density at radius 2 is 2.00 bits per heavy atom. The average Bonchev–Trinajstić information content (AvgIpc) is 2.76. The predicted molar refractivity (Wildman–Crippen MR) is 75.3 cm³/mol. The molecule has 0 spiro atoms. The fourth-order valence-electron chi connectivity index (χ4n) is 3.90. The van der Waals surface area contributed by atoms with Gasteiger partial charge in [-0.15, -0.1) is 0 Å². The van der Waals surface area contributed by atoms with Crippen molar-refractivity contribution in [2.75, 3.05) is 13.1 Å². The first-order chi connectivity index (χ1) is 8.61. The van der Waals surface area contributed by atoms with E-state index in [-0.39, 0.29) is 5.92 Å². The molecule has 1 aliphatic heterocycles. The van der Waals surface area contributed by atoms with Crippen LogP contribution in [0.2, 0.25) is 0 Å². The number of hydrogen-bond donors (Lipinski definition) is 0. The Morgan fingerprint density at radius 1 is 1.28 bits per heavy atom. The minimum absolute atomic E-state index is 0.166. The van der Waals surface area contributed by atoms with E-state index in [9.17, 15) is 4.79 Å². The molecule has 0 N–H and O–H groups in total. The number of fused-ring (bicyclic) bond motifs is 1. The van der Waals surface area contributed by atoms with Crippen LogP contribution in [-0.4, -0.2) is 23.9 Å². The Hall–Kier alpha value is -0.530. The fraction of sp³-hybridized carbons (Fsp3) is 0.938. The first kappa shape index (κ1) is 13.9. The second-order valence-electron chi connectivity index (χ2n) is 6.73. The summed E-state index contributed by atoms with van der Waals surface area (Å²) in [4.78, 5) is 14.2. The van der Waals surface area contributed by atoms with Crippen LogP contribution in [0.15, 0.2) is 0 Å². The van der Waals surface area contributed by atoms with E-state index in [1.54, 1.807) is 0 Å². The Balaban J connectivity index is 1.85. The minimum atomic E-state index is 0.166. The van der Waals surface area contributed by atoms with Gasteiger partial charge in [0.15, 0.2) is 0 Å². The van der Waals surface area contributed by atoms with E-state index in [2.05, 4.69) is 11.8 Å². The second-order valence-corrected chi connectivity index (χ2v) is 6.73. The molecule has 3 unspecified atom stereocenters. The molecule has 1 amide bonds. The Kier molecular flexibility index (Phi) is 4.69. The van der Waals surface area contributed by atoms with Gasteiger partial charge in [0.1, 0.15) is 0 Å². The molecule has 3 atom stereocenters. The largest absolute Gasteiger partial charge is 0.342 e. The van der Waals surface area contributed by atoms with Crippen molar-refractivity contribution >= 4 is 5.91 Å². The Bertz CT molecular complexity index is 287. The molecule has 0 radical (unpaired) electrons. The van der Waals surface area contributed by atoms with E-state index in [1.165, 1.54) is 38.5 Å². The Labute approximate surface area is 112 Å². The van der Waals surface area contributed by atoms with Gasteiger partial charge in [0, 0.05) is 19.0 Å². The third-order valence-electron chi connectivity index (χ3n) is 4.94. The highest BCUT2D eigenvalue weighted by Gasteiger charge is 2.38. The summed E-state index contributed by atoms with van der Waals surface area (Å²) in [7, 11) is 0. The maximum Gasteiger partial charge on any atom is 0.225 e. The minimum Gasteiger partial charge on any atom is -0.342 e. The summed E-state index contributed by atoms with van der Waals surface area (Å²) in [6.07, 6.45) is 8.21. The molecule has 0 bridgehead atoms. The summed E-state index contributed by atoms with van der Waals surface area (Å²) < 4.78 is 0. The van der Waals surface area contributed by atoms with Gasteiger partial charge >= 0.3 is 0 Å². The van der Waals surface area contributed by atoms with E-state index in [4.69, 9.17) is 0 Å². The molecule has 1 aliphatic carbocycles. The van der Waals surface area contributed by atoms with Crippen LogP contribution in [0, 0.1) is 23.7 Å². The number of amides is 1. The molecule has 2 rings (SSSR count). The molecule has 18 heavy (non-hydrogen) atoms. The number of nitrogens with zero attached hydrogens (tertiary/aromatic N) is 1. The zero-order valence-corrected chi connectivity index (χ0v) is 12.3. The lowest BCUT2D eigenvalue weighted by Gasteiger charge is -2.36. The van der Waals surface area contributed by atoms with Gasteiger partial charge in [-0.25, -0.2) is 0 Å². The van der Waals surface area contributed by atoms with Gasteiger partial charge in [0.2, 0.25) is 5.91 Å². The monoisotopic (exact) mass is 251 g/mol. The number of carbonyl (C=O) groups excluding carboxylic acids is 1. The van der Waals surface area contributed by atoms with Crippen molar-refractivity contribution in [3.05, 3.63) is 0 Å². The van der Waals surface area contributed by atoms with Gasteiger partial charge in [-0.3, -0.25) is 4.79 Å². The van der Waals surface area contributed by atoms with E-state index >= 15 is 0 Å². The fourth-order valence-corrected chi connectivity index (χ4v) is 3.90. The molecule has 2 fully saturated rings. The predicted octanol–water partition coefficient (Wildman–Crippen LogP) is 3.71. The SMILES string of the molecule is CCCCC1CC2CCN(C(=O)C(C)C)CC2C1. The lowest BCUT2D eigenvalue weighted by molar-refractivity contribution is -0.136. The summed E-state index contributed by atoms with van der Waals surface area (Å²) in [5, 5.41) is 0. The highest BCUT2D eigenvalue weighted by atomic mass is 16.2. The molecule has 104 valence electrons. The van der Waals surface area contributed by atoms with Crippen molar-refractivity contribution in [3.63, 3.8) is 0 Å². The van der Waals surface area contributed by atoms with E-state index in [1.807, 2.05) is 13.8 Å². The lowest BCUT2D eigenvalue weighted by Crippen LogP contribution is -2.43. The molecule has 1 saturated heterocycles. The molecular formula is C16H29NO. The molecule has 2 heteroatoms. The van der Waals surface area contributed by atoms with Gasteiger partial charge in [0.25, 0.3) is 0 Å². The van der Waals surface area contributed by atoms with Crippen molar-refractivity contribution < 1.29 is 4.79 Å². The van der Waals surface area contributed by atoms with Crippen LogP contribution in [0.5, 0.6) is 0 Å². The Morgan fingerprint density at radius 3 is 2.67 bits per heavy atom. The lowest BCUT2D eigenvalue weighted by atomic mass is 9.88. The number of likely N-dealkylation sites (tertiary alicyclic amines) is 1. The zero-order valence-electron chi connectivity index (χ0n) is 12.3. The van der Waals surface area contributed by atoms with Gasteiger partial charge in [-0.05, 0) is 37.0 Å². The van der Waals surface area contributed by atoms with E-state index < -0.39 is 0 Å². The number of unbranched alkanes of at least 4 members (excludes halogenated alkanes) is 1. The van der Waals surface area contributed by atoms with Crippen LogP contribution in [0.4, 0.5) is 0 Å². The third kappa shape index (κ3) is 3.07. The van der Waals surface area contributed by atoms with Crippen molar-refractivity contribution in [2.45, 2.75) is 59.3 Å². The normalized spacial score (nSPS) is 31.8. The van der Waals surface area contributed by atoms with Gasteiger partial charge in [0.05, 0.1) is 0 Å². The van der Waals surface area contributed by atoms with Crippen LogP contribution >= 0.6 is 0 Å². The summed E-state index contributed by atoms with van der Waals surface area (Å²) >= 11 is 0. The topological polar surface area (TPSA) is 20.3 Å². The van der Waals surface area contributed by atoms with E-state index in [0.29, 0.717) is 5.91 Å². The summed E-state index contributed by atoms with van der Waals surface area (Å²) in [5.74, 6) is 3.21. The number of hydrogen-bond acceptors (Lipinski definition) is 1. The van der Waals surface area contributed by atoms with Crippen LogP contribution in [0.25, 0.3) is 0 Å². The smallest absolute Gasteiger partial charge is 0.225 e. The van der Waals surface area contributed by atoms with Gasteiger partial charge < -0.3 is 4.90 Å². The molecular weight excluding hydrogens is 222 g/mol. The highest BCUT2D eigenvalue weighted by Crippen LogP contribution is 2.43. The first-order valence-corrected chi connectivity index (χ1v) is 7.90. The molecule has 1 heterocycles. The quantitative estimate of drug-likeness (QED) is 0.746. The summed E-state index contributed by atoms with van der Waals surface area (Å²) in [5.41, 5.74) is 0. The molecule has 0 aromatic rings. The van der Waals surface area contributed by atoms with Crippen LogP contribution in [0.1, 0.15) is 59.3 Å². The number of carbonyl (C=O) groups is 1. The zero-order chi connectivity index (χ0) is 13.1. The van der Waals surface area contributed by atoms with E-state index in [0.717, 1.165) is 30.8 Å². The molecule has 2 nitrogen and oxygen atoms in total. The molecule has 2 aliphatic rings. The maximum absolute atomic E-state index is 12.1. The van der Waals surface area contributed by atoms with Crippen LogP contribution in [-0.2, 0) is 4.79 Å². The van der Waals surface area contributed by atoms with Crippen molar-refractivity contribution in [1.82, 2.24) is 4.90 Å². The number of piperidine rings is 1. The number of rotatable bonds is 4. The van der Waals surface area contributed by atoms with Crippen molar-refractivity contribution in [1.29, 1.82) is 0 Å². The van der Waals surface area contributed by atoms with Crippen LogP contribution < -0.4 is 0 Å². The maximum atomic E-state index is 12.1. The van der Waals surface area contributed by atoms with Gasteiger partial charge in [-0.1, -0.05) is 40.0 Å². The van der Waals surface area contributed by atoms with Crippen molar-refractivity contribution in [3.8, 4) is 0 Å². The van der Waals surface area contributed by atoms with Crippen molar-refractivity contribution in [2.24, 2.45) is 23.7 Å².